The van der Waals surface area contributed by atoms with Crippen LogP contribution in [-0.4, -0.2) is 59.0 Å². The van der Waals surface area contributed by atoms with Crippen LogP contribution >= 0.6 is 0 Å². The molecule has 2 atom stereocenters. The van der Waals surface area contributed by atoms with Crippen LogP contribution in [0, 0.1) is 24.2 Å². The zero-order chi connectivity index (χ0) is 18.0. The third-order valence-corrected chi connectivity index (χ3v) is 5.32. The number of nitrogens with one attached hydrogen (secondary N) is 1. The quantitative estimate of drug-likeness (QED) is 0.802. The van der Waals surface area contributed by atoms with E-state index in [4.69, 9.17) is 4.42 Å². The number of aromatic nitrogens is 1. The van der Waals surface area contributed by atoms with E-state index in [1.165, 1.54) is 0 Å². The van der Waals surface area contributed by atoms with Crippen LogP contribution in [0.5, 0.6) is 0 Å². The molecule has 0 aromatic carbocycles. The maximum atomic E-state index is 12.3. The van der Waals surface area contributed by atoms with E-state index in [1.807, 2.05) is 13.8 Å². The molecule has 1 aliphatic heterocycles. The number of oxazole rings is 1. The first-order valence-electron chi connectivity index (χ1n) is 8.96. The number of carbonyl (C=O) groups excluding carboxylic acids is 1. The predicted molar refractivity (Wildman–Crippen MR) is 92.4 cm³/mol. The Hall–Kier alpha value is -1.91. The van der Waals surface area contributed by atoms with E-state index in [1.54, 1.807) is 6.20 Å². The van der Waals surface area contributed by atoms with E-state index < -0.39 is 5.54 Å². The second-order valence-electron chi connectivity index (χ2n) is 7.59. The van der Waals surface area contributed by atoms with Crippen molar-refractivity contribution in [3.05, 3.63) is 17.8 Å². The molecule has 2 aliphatic rings. The molecule has 2 fully saturated rings. The van der Waals surface area contributed by atoms with Crippen molar-refractivity contribution in [2.75, 3.05) is 26.7 Å². The van der Waals surface area contributed by atoms with Crippen LogP contribution in [0.2, 0.25) is 0 Å². The lowest BCUT2D eigenvalue weighted by Gasteiger charge is -2.25. The standard InChI is InChI=1S/C18H27N5O2/c1-13-8-20-17(25-13)11-22(3)15-6-7-23(9-15)10-16(24)21-18(2,12-19)14-4-5-14/h8,14-15H,4-7,9-11H2,1-3H3,(H,21,24). The van der Waals surface area contributed by atoms with Gasteiger partial charge in [0.25, 0.3) is 0 Å². The number of amides is 1. The smallest absolute Gasteiger partial charge is 0.235 e. The number of hydrogen-bond donors (Lipinski definition) is 1. The fourth-order valence-corrected chi connectivity index (χ4v) is 3.55. The first-order chi connectivity index (χ1) is 11.9. The fourth-order valence-electron chi connectivity index (χ4n) is 3.55. The van der Waals surface area contributed by atoms with Gasteiger partial charge in [-0.25, -0.2) is 4.98 Å². The number of rotatable bonds is 7. The largest absolute Gasteiger partial charge is 0.445 e. The van der Waals surface area contributed by atoms with Crippen molar-refractivity contribution >= 4 is 5.91 Å². The normalized spacial score (nSPS) is 23.4. The highest BCUT2D eigenvalue weighted by atomic mass is 16.4. The highest BCUT2D eigenvalue weighted by Crippen LogP contribution is 2.39. The third kappa shape index (κ3) is 4.39. The minimum Gasteiger partial charge on any atom is -0.445 e. The summed E-state index contributed by atoms with van der Waals surface area (Å²) in [5.41, 5.74) is -0.712. The Kier molecular flexibility index (Phi) is 5.11. The lowest BCUT2D eigenvalue weighted by atomic mass is 9.98. The molecular weight excluding hydrogens is 318 g/mol. The van der Waals surface area contributed by atoms with E-state index in [2.05, 4.69) is 33.2 Å². The molecule has 0 spiro atoms. The van der Waals surface area contributed by atoms with Gasteiger partial charge < -0.3 is 9.73 Å². The van der Waals surface area contributed by atoms with Gasteiger partial charge in [0.15, 0.2) is 0 Å². The molecule has 7 heteroatoms. The van der Waals surface area contributed by atoms with E-state index in [0.29, 0.717) is 25.0 Å². The fraction of sp³-hybridized carbons (Fsp3) is 0.722. The Labute approximate surface area is 149 Å². The highest BCUT2D eigenvalue weighted by Gasteiger charge is 2.43. The summed E-state index contributed by atoms with van der Waals surface area (Å²) in [4.78, 5) is 21.0. The summed E-state index contributed by atoms with van der Waals surface area (Å²) >= 11 is 0. The van der Waals surface area contributed by atoms with Gasteiger partial charge in [-0.2, -0.15) is 5.26 Å². The van der Waals surface area contributed by atoms with Gasteiger partial charge in [-0.15, -0.1) is 0 Å². The van der Waals surface area contributed by atoms with Crippen LogP contribution in [0.4, 0.5) is 0 Å². The van der Waals surface area contributed by atoms with E-state index in [9.17, 15) is 10.1 Å². The van der Waals surface area contributed by atoms with Gasteiger partial charge in [-0.05, 0) is 46.1 Å². The molecular formula is C18H27N5O2. The lowest BCUT2D eigenvalue weighted by Crippen LogP contribution is -2.50. The molecule has 3 rings (SSSR count). The first kappa shape index (κ1) is 17.9. The maximum absolute atomic E-state index is 12.3. The van der Waals surface area contributed by atoms with Crippen molar-refractivity contribution in [3.63, 3.8) is 0 Å². The van der Waals surface area contributed by atoms with Crippen LogP contribution in [0.15, 0.2) is 10.6 Å². The number of likely N-dealkylation sites (N-methyl/N-ethyl adjacent to an activating group) is 1. The minimum absolute atomic E-state index is 0.0532. The molecule has 136 valence electrons. The van der Waals surface area contributed by atoms with Crippen molar-refractivity contribution in [3.8, 4) is 6.07 Å². The molecule has 1 N–H and O–H groups in total. The van der Waals surface area contributed by atoms with Crippen LogP contribution in [0.3, 0.4) is 0 Å². The molecule has 0 bridgehead atoms. The molecule has 1 aromatic heterocycles. The topological polar surface area (TPSA) is 85.4 Å². The molecule has 1 saturated carbocycles. The van der Waals surface area contributed by atoms with Crippen LogP contribution < -0.4 is 5.32 Å². The zero-order valence-electron chi connectivity index (χ0n) is 15.3. The molecule has 0 radical (unpaired) electrons. The minimum atomic E-state index is -0.712. The van der Waals surface area contributed by atoms with Crippen molar-refractivity contribution in [2.45, 2.75) is 51.2 Å². The van der Waals surface area contributed by atoms with Gasteiger partial charge in [-0.1, -0.05) is 0 Å². The van der Waals surface area contributed by atoms with Crippen molar-refractivity contribution < 1.29 is 9.21 Å². The summed E-state index contributed by atoms with van der Waals surface area (Å²) in [6.45, 7) is 6.49. The molecule has 1 aromatic rings. The lowest BCUT2D eigenvalue weighted by molar-refractivity contribution is -0.123. The molecule has 1 amide bonds. The number of nitrogens with zero attached hydrogens (tertiary/aromatic N) is 4. The monoisotopic (exact) mass is 345 g/mol. The van der Waals surface area contributed by atoms with Crippen molar-refractivity contribution in [2.24, 2.45) is 5.92 Å². The molecule has 1 saturated heterocycles. The summed E-state index contributed by atoms with van der Waals surface area (Å²) in [6.07, 6.45) is 4.81. The van der Waals surface area contributed by atoms with E-state index in [0.717, 1.165) is 44.0 Å². The number of likely N-dealkylation sites (tertiary alicyclic amines) is 1. The van der Waals surface area contributed by atoms with Gasteiger partial charge in [0.2, 0.25) is 11.8 Å². The second-order valence-corrected chi connectivity index (χ2v) is 7.59. The second kappa shape index (κ2) is 7.14. The third-order valence-electron chi connectivity index (χ3n) is 5.32. The van der Waals surface area contributed by atoms with Gasteiger partial charge in [0, 0.05) is 19.1 Å². The van der Waals surface area contributed by atoms with E-state index in [-0.39, 0.29) is 5.91 Å². The Bertz CT molecular complexity index is 663. The summed E-state index contributed by atoms with van der Waals surface area (Å²) in [5, 5.41) is 12.3. The number of nitriles is 1. The number of aryl methyl sites for hydroxylation is 1. The Morgan fingerprint density at radius 2 is 2.32 bits per heavy atom. The molecule has 2 unspecified atom stereocenters. The highest BCUT2D eigenvalue weighted by molar-refractivity contribution is 5.79. The predicted octanol–water partition coefficient (Wildman–Crippen LogP) is 1.30. The zero-order valence-corrected chi connectivity index (χ0v) is 15.3. The average Bonchev–Trinajstić information content (AvgIpc) is 3.21. The Morgan fingerprint density at radius 3 is 2.92 bits per heavy atom. The SMILES string of the molecule is Cc1cnc(CN(C)C2CCN(CC(=O)NC(C)(C#N)C3CC3)C2)o1. The summed E-state index contributed by atoms with van der Waals surface area (Å²) < 4.78 is 5.54. The Morgan fingerprint density at radius 1 is 1.56 bits per heavy atom. The first-order valence-corrected chi connectivity index (χ1v) is 8.96. The molecule has 2 heterocycles. The van der Waals surface area contributed by atoms with Crippen molar-refractivity contribution in [1.82, 2.24) is 20.1 Å². The number of carbonyl (C=O) groups is 1. The molecule has 25 heavy (non-hydrogen) atoms. The summed E-state index contributed by atoms with van der Waals surface area (Å²) in [7, 11) is 2.06. The van der Waals surface area contributed by atoms with Crippen LogP contribution in [0.25, 0.3) is 0 Å². The van der Waals surface area contributed by atoms with Gasteiger partial charge in [0.05, 0.1) is 25.4 Å². The molecule has 7 nitrogen and oxygen atoms in total. The Balaban J connectivity index is 1.46. The summed E-state index contributed by atoms with van der Waals surface area (Å²) in [5.74, 6) is 1.81. The molecule has 1 aliphatic carbocycles. The van der Waals surface area contributed by atoms with Crippen LogP contribution in [-0.2, 0) is 11.3 Å². The van der Waals surface area contributed by atoms with Gasteiger partial charge in [0.1, 0.15) is 11.3 Å². The van der Waals surface area contributed by atoms with E-state index >= 15 is 0 Å². The number of hydrogen-bond acceptors (Lipinski definition) is 6. The van der Waals surface area contributed by atoms with Gasteiger partial charge in [-0.3, -0.25) is 14.6 Å². The van der Waals surface area contributed by atoms with Gasteiger partial charge >= 0.3 is 0 Å². The van der Waals surface area contributed by atoms with Crippen molar-refractivity contribution in [1.29, 1.82) is 5.26 Å². The average molecular weight is 345 g/mol. The summed E-state index contributed by atoms with van der Waals surface area (Å²) in [6, 6.07) is 2.66. The van der Waals surface area contributed by atoms with Crippen LogP contribution in [0.1, 0.15) is 37.8 Å². The maximum Gasteiger partial charge on any atom is 0.235 e.